The van der Waals surface area contributed by atoms with Crippen molar-refractivity contribution >= 4 is 17.7 Å². The molecule has 0 aliphatic carbocycles. The van der Waals surface area contributed by atoms with Crippen molar-refractivity contribution < 1.29 is 19.6 Å². The highest BCUT2D eigenvalue weighted by Gasteiger charge is 2.30. The molecule has 0 radical (unpaired) electrons. The number of rotatable bonds is 11. The minimum absolute atomic E-state index is 0.141. The number of amides is 3. The average molecular weight is 502 g/mol. The van der Waals surface area contributed by atoms with Gasteiger partial charge in [0.05, 0.1) is 0 Å². The van der Waals surface area contributed by atoms with Crippen LogP contribution in [0.2, 0.25) is 0 Å². The zero-order chi connectivity index (χ0) is 26.8. The van der Waals surface area contributed by atoms with Gasteiger partial charge in [0.1, 0.15) is 6.04 Å². The van der Waals surface area contributed by atoms with Crippen molar-refractivity contribution in [2.24, 2.45) is 11.8 Å². The summed E-state index contributed by atoms with van der Waals surface area (Å²) in [5.74, 6) is -1.86. The minimum Gasteiger partial charge on any atom is -0.340 e. The van der Waals surface area contributed by atoms with Crippen LogP contribution in [0.1, 0.15) is 43.9 Å². The van der Waals surface area contributed by atoms with E-state index < -0.39 is 23.8 Å². The van der Waals surface area contributed by atoms with Gasteiger partial charge in [-0.25, -0.2) is 5.48 Å². The van der Waals surface area contributed by atoms with Crippen LogP contribution >= 0.6 is 0 Å². The first-order chi connectivity index (χ1) is 17.8. The lowest BCUT2D eigenvalue weighted by Gasteiger charge is -2.27. The molecule has 0 unspecified atom stereocenters. The summed E-state index contributed by atoms with van der Waals surface area (Å²) in [7, 11) is 1.71. The van der Waals surface area contributed by atoms with Gasteiger partial charge in [0.25, 0.3) is 0 Å². The van der Waals surface area contributed by atoms with Crippen LogP contribution in [0, 0.1) is 11.8 Å². The first-order valence-corrected chi connectivity index (χ1v) is 12.5. The Morgan fingerprint density at radius 1 is 0.838 bits per heavy atom. The third kappa shape index (κ3) is 8.02. The molecule has 3 aromatic carbocycles. The molecule has 0 saturated carbocycles. The van der Waals surface area contributed by atoms with E-state index in [0.717, 1.165) is 16.7 Å². The molecule has 3 aromatic rings. The van der Waals surface area contributed by atoms with E-state index in [1.165, 1.54) is 0 Å². The Hall–Kier alpha value is -3.97. The van der Waals surface area contributed by atoms with E-state index in [0.29, 0.717) is 18.5 Å². The summed E-state index contributed by atoms with van der Waals surface area (Å²) in [4.78, 5) is 40.4. The van der Waals surface area contributed by atoms with Crippen molar-refractivity contribution in [3.63, 3.8) is 0 Å². The molecule has 0 heterocycles. The van der Waals surface area contributed by atoms with Crippen molar-refractivity contribution in [1.29, 1.82) is 0 Å². The highest BCUT2D eigenvalue weighted by Crippen LogP contribution is 2.25. The molecule has 3 N–H and O–H groups in total. The van der Waals surface area contributed by atoms with Crippen LogP contribution in [0.3, 0.4) is 0 Å². The molecule has 194 valence electrons. The van der Waals surface area contributed by atoms with Gasteiger partial charge in [-0.2, -0.15) is 0 Å². The van der Waals surface area contributed by atoms with Gasteiger partial charge in [-0.15, -0.1) is 0 Å². The molecule has 7 heteroatoms. The number of hydrogen-bond acceptors (Lipinski definition) is 4. The molecule has 2 atom stereocenters. The Morgan fingerprint density at radius 3 is 1.97 bits per heavy atom. The van der Waals surface area contributed by atoms with Gasteiger partial charge >= 0.3 is 0 Å². The smallest absolute Gasteiger partial charge is 0.249 e. The second-order valence-electron chi connectivity index (χ2n) is 9.68. The Balaban J connectivity index is 1.88. The van der Waals surface area contributed by atoms with Gasteiger partial charge in [0, 0.05) is 25.9 Å². The summed E-state index contributed by atoms with van der Waals surface area (Å²) >= 11 is 0. The van der Waals surface area contributed by atoms with E-state index in [4.69, 9.17) is 5.21 Å². The van der Waals surface area contributed by atoms with Crippen LogP contribution in [-0.2, 0) is 20.9 Å². The number of likely N-dealkylation sites (N-methyl/N-ethyl adjacent to an activating group) is 1. The molecule has 0 aromatic heterocycles. The summed E-state index contributed by atoms with van der Waals surface area (Å²) in [5, 5.41) is 11.9. The summed E-state index contributed by atoms with van der Waals surface area (Å²) < 4.78 is 0. The molecule has 0 fully saturated rings. The molecule has 0 spiro atoms. The van der Waals surface area contributed by atoms with E-state index in [-0.39, 0.29) is 18.2 Å². The standard InChI is InChI=1S/C30H35N3O4/c1-21(2)18-26(19-27(34)32-37)29(35)31-28(30(36)33(3)20-22-10-6-4-7-11-22)25-16-14-24(15-17-25)23-12-8-5-9-13-23/h4-17,21,26,28,37H,18-20H2,1-3H3,(H,31,35)(H,32,34)/t26-,28-/m1/s1. The second-order valence-corrected chi connectivity index (χ2v) is 9.68. The fourth-order valence-electron chi connectivity index (χ4n) is 4.32. The van der Waals surface area contributed by atoms with E-state index in [2.05, 4.69) is 5.32 Å². The highest BCUT2D eigenvalue weighted by molar-refractivity contribution is 5.91. The summed E-state index contributed by atoms with van der Waals surface area (Å²) in [6.45, 7) is 4.29. The molecule has 0 saturated heterocycles. The highest BCUT2D eigenvalue weighted by atomic mass is 16.5. The fraction of sp³-hybridized carbons (Fsp3) is 0.300. The van der Waals surface area contributed by atoms with Gasteiger partial charge in [0.2, 0.25) is 17.7 Å². The Labute approximate surface area is 218 Å². The van der Waals surface area contributed by atoms with E-state index in [9.17, 15) is 14.4 Å². The number of nitrogens with zero attached hydrogens (tertiary/aromatic N) is 1. The lowest BCUT2D eigenvalue weighted by atomic mass is 9.92. The minimum atomic E-state index is -0.933. The molecular weight excluding hydrogens is 466 g/mol. The lowest BCUT2D eigenvalue weighted by Crippen LogP contribution is -2.44. The topological polar surface area (TPSA) is 98.7 Å². The van der Waals surface area contributed by atoms with Crippen molar-refractivity contribution in [3.05, 3.63) is 96.1 Å². The van der Waals surface area contributed by atoms with Crippen molar-refractivity contribution in [3.8, 4) is 11.1 Å². The maximum absolute atomic E-state index is 13.7. The van der Waals surface area contributed by atoms with Gasteiger partial charge in [-0.3, -0.25) is 19.6 Å². The average Bonchev–Trinajstić information content (AvgIpc) is 2.91. The molecule has 3 amide bonds. The number of hydrogen-bond donors (Lipinski definition) is 3. The fourth-order valence-corrected chi connectivity index (χ4v) is 4.32. The number of hydroxylamine groups is 1. The van der Waals surface area contributed by atoms with Gasteiger partial charge in [-0.1, -0.05) is 98.8 Å². The monoisotopic (exact) mass is 501 g/mol. The SMILES string of the molecule is CC(C)C[C@H](CC(=O)NO)C(=O)N[C@@H](C(=O)N(C)Cc1ccccc1)c1ccc(-c2ccccc2)cc1. The third-order valence-corrected chi connectivity index (χ3v) is 6.21. The van der Waals surface area contributed by atoms with Crippen LogP contribution in [0.25, 0.3) is 11.1 Å². The summed E-state index contributed by atoms with van der Waals surface area (Å²) in [5.41, 5.74) is 5.27. The van der Waals surface area contributed by atoms with E-state index >= 15 is 0 Å². The Morgan fingerprint density at radius 2 is 1.41 bits per heavy atom. The number of benzene rings is 3. The molecule has 0 bridgehead atoms. The first-order valence-electron chi connectivity index (χ1n) is 12.5. The molecular formula is C30H35N3O4. The third-order valence-electron chi connectivity index (χ3n) is 6.21. The molecule has 7 nitrogen and oxygen atoms in total. The van der Waals surface area contributed by atoms with Gasteiger partial charge in [-0.05, 0) is 34.6 Å². The number of nitrogens with one attached hydrogen (secondary N) is 2. The van der Waals surface area contributed by atoms with Crippen molar-refractivity contribution in [2.75, 3.05) is 7.05 Å². The molecule has 3 rings (SSSR count). The predicted molar refractivity (Wildman–Crippen MR) is 143 cm³/mol. The number of carbonyl (C=O) groups excluding carboxylic acids is 3. The summed E-state index contributed by atoms with van der Waals surface area (Å²) in [6, 6.07) is 26.2. The maximum atomic E-state index is 13.7. The van der Waals surface area contributed by atoms with Crippen LogP contribution in [0.4, 0.5) is 0 Å². The van der Waals surface area contributed by atoms with Crippen LogP contribution in [-0.4, -0.2) is 34.9 Å². The van der Waals surface area contributed by atoms with Crippen LogP contribution in [0.5, 0.6) is 0 Å². The van der Waals surface area contributed by atoms with Crippen molar-refractivity contribution in [1.82, 2.24) is 15.7 Å². The maximum Gasteiger partial charge on any atom is 0.249 e. The predicted octanol–water partition coefficient (Wildman–Crippen LogP) is 4.73. The largest absolute Gasteiger partial charge is 0.340 e. The molecule has 37 heavy (non-hydrogen) atoms. The first kappa shape index (κ1) is 27.6. The molecule has 0 aliphatic rings. The second kappa shape index (κ2) is 13.4. The normalized spacial score (nSPS) is 12.5. The Kier molecular flexibility index (Phi) is 9.98. The molecule has 0 aliphatic heterocycles. The van der Waals surface area contributed by atoms with Gasteiger partial charge < -0.3 is 10.2 Å². The van der Waals surface area contributed by atoms with Crippen LogP contribution < -0.4 is 10.8 Å². The van der Waals surface area contributed by atoms with E-state index in [1.54, 1.807) is 17.4 Å². The van der Waals surface area contributed by atoms with E-state index in [1.807, 2.05) is 98.8 Å². The zero-order valence-corrected chi connectivity index (χ0v) is 21.6. The van der Waals surface area contributed by atoms with Gasteiger partial charge in [0.15, 0.2) is 0 Å². The van der Waals surface area contributed by atoms with Crippen LogP contribution in [0.15, 0.2) is 84.9 Å². The van der Waals surface area contributed by atoms with Crippen molar-refractivity contribution in [2.45, 2.75) is 39.3 Å². The Bertz CT molecular complexity index is 1160. The lowest BCUT2D eigenvalue weighted by molar-refractivity contribution is -0.139. The summed E-state index contributed by atoms with van der Waals surface area (Å²) in [6.07, 6.45) is 0.265. The number of carbonyl (C=O) groups is 3. The zero-order valence-electron chi connectivity index (χ0n) is 21.6. The quantitative estimate of drug-likeness (QED) is 0.261.